The number of benzene rings is 2. The Hall–Kier alpha value is -1.94. The Labute approximate surface area is 122 Å². The minimum atomic E-state index is 0.866. The highest BCUT2D eigenvalue weighted by Crippen LogP contribution is 2.27. The van der Waals surface area contributed by atoms with Crippen LogP contribution in [-0.2, 0) is 0 Å². The molecule has 0 aliphatic rings. The first kappa shape index (κ1) is 14.5. The highest BCUT2D eigenvalue weighted by Gasteiger charge is 2.04. The molecule has 2 aromatic rings. The molecule has 0 saturated heterocycles. The number of hydrogen-bond acceptors (Lipinski definition) is 1. The van der Waals surface area contributed by atoms with Crippen molar-refractivity contribution in [2.45, 2.75) is 39.0 Å². The van der Waals surface area contributed by atoms with E-state index in [0.717, 1.165) is 17.7 Å². The fourth-order valence-electron chi connectivity index (χ4n) is 2.34. The lowest BCUT2D eigenvalue weighted by atomic mass is 10.0. The number of unbranched alkanes of at least 4 members (excludes halogenated alkanes) is 4. The molecule has 0 bridgehead atoms. The summed E-state index contributed by atoms with van der Waals surface area (Å²) in [7, 11) is 1.70. The van der Waals surface area contributed by atoms with Crippen molar-refractivity contribution in [1.82, 2.24) is 0 Å². The maximum atomic E-state index is 5.45. The van der Waals surface area contributed by atoms with Gasteiger partial charge in [-0.15, -0.1) is 0 Å². The van der Waals surface area contributed by atoms with E-state index in [1.54, 1.807) is 7.11 Å². The third kappa shape index (κ3) is 3.54. The number of methoxy groups -OCH3 is 1. The Morgan fingerprint density at radius 1 is 1.00 bits per heavy atom. The summed E-state index contributed by atoms with van der Waals surface area (Å²) in [4.78, 5) is 0. The SMILES string of the molecule is CCCCCCC#Cc1c(OC)ccc2ccccc12. The molecule has 104 valence electrons. The van der Waals surface area contributed by atoms with Crippen molar-refractivity contribution in [2.24, 2.45) is 0 Å². The lowest BCUT2D eigenvalue weighted by Crippen LogP contribution is -1.89. The third-order valence-corrected chi connectivity index (χ3v) is 3.48. The normalized spacial score (nSPS) is 10.1. The van der Waals surface area contributed by atoms with E-state index in [0.29, 0.717) is 0 Å². The van der Waals surface area contributed by atoms with Crippen molar-refractivity contribution in [1.29, 1.82) is 0 Å². The molecule has 0 spiro atoms. The predicted molar refractivity (Wildman–Crippen MR) is 86.1 cm³/mol. The summed E-state index contributed by atoms with van der Waals surface area (Å²) >= 11 is 0. The summed E-state index contributed by atoms with van der Waals surface area (Å²) in [6, 6.07) is 12.4. The number of rotatable bonds is 5. The molecule has 0 unspecified atom stereocenters. The van der Waals surface area contributed by atoms with E-state index in [-0.39, 0.29) is 0 Å². The van der Waals surface area contributed by atoms with Crippen LogP contribution in [0.4, 0.5) is 0 Å². The van der Waals surface area contributed by atoms with Crippen molar-refractivity contribution < 1.29 is 4.74 Å². The van der Waals surface area contributed by atoms with E-state index in [1.807, 2.05) is 12.1 Å². The summed E-state index contributed by atoms with van der Waals surface area (Å²) in [5.74, 6) is 7.47. The molecule has 0 atom stereocenters. The summed E-state index contributed by atoms with van der Waals surface area (Å²) in [6.45, 7) is 2.23. The quantitative estimate of drug-likeness (QED) is 0.536. The Kier molecular flexibility index (Phi) is 5.50. The van der Waals surface area contributed by atoms with Gasteiger partial charge in [0.05, 0.1) is 12.7 Å². The van der Waals surface area contributed by atoms with Crippen LogP contribution >= 0.6 is 0 Å². The van der Waals surface area contributed by atoms with Crippen LogP contribution in [0.1, 0.15) is 44.6 Å². The molecule has 0 aliphatic carbocycles. The number of fused-ring (bicyclic) bond motifs is 1. The molecule has 0 radical (unpaired) electrons. The molecule has 2 rings (SSSR count). The van der Waals surface area contributed by atoms with Gasteiger partial charge >= 0.3 is 0 Å². The molecule has 2 aromatic carbocycles. The molecule has 0 aliphatic heterocycles. The largest absolute Gasteiger partial charge is 0.495 e. The summed E-state index contributed by atoms with van der Waals surface area (Å²) in [5, 5.41) is 2.39. The van der Waals surface area contributed by atoms with Crippen molar-refractivity contribution in [2.75, 3.05) is 7.11 Å². The minimum Gasteiger partial charge on any atom is -0.495 e. The molecule has 0 fully saturated rings. The fourth-order valence-corrected chi connectivity index (χ4v) is 2.34. The number of ether oxygens (including phenoxy) is 1. The predicted octanol–water partition coefficient (Wildman–Crippen LogP) is 5.17. The molecule has 0 saturated carbocycles. The molecule has 1 nitrogen and oxygen atoms in total. The van der Waals surface area contributed by atoms with Gasteiger partial charge in [-0.1, -0.05) is 68.4 Å². The molecular weight excluding hydrogens is 244 g/mol. The molecule has 0 N–H and O–H groups in total. The average Bonchev–Trinajstić information content (AvgIpc) is 2.50. The lowest BCUT2D eigenvalue weighted by molar-refractivity contribution is 0.414. The monoisotopic (exact) mass is 266 g/mol. The van der Waals surface area contributed by atoms with E-state index in [2.05, 4.69) is 43.0 Å². The van der Waals surface area contributed by atoms with Crippen LogP contribution in [0.5, 0.6) is 5.75 Å². The Balaban J connectivity index is 2.21. The molecule has 1 heteroatoms. The molecular formula is C19H22O. The van der Waals surface area contributed by atoms with Crippen LogP contribution in [0.25, 0.3) is 10.8 Å². The van der Waals surface area contributed by atoms with E-state index in [9.17, 15) is 0 Å². The van der Waals surface area contributed by atoms with Crippen LogP contribution in [0, 0.1) is 11.8 Å². The summed E-state index contributed by atoms with van der Waals surface area (Å²) in [6.07, 6.45) is 6.00. The first-order valence-corrected chi connectivity index (χ1v) is 7.41. The first-order valence-electron chi connectivity index (χ1n) is 7.41. The van der Waals surface area contributed by atoms with Crippen LogP contribution < -0.4 is 4.74 Å². The van der Waals surface area contributed by atoms with Gasteiger partial charge in [0.15, 0.2) is 0 Å². The lowest BCUT2D eigenvalue weighted by Gasteiger charge is -2.06. The highest BCUT2D eigenvalue weighted by atomic mass is 16.5. The Bertz CT molecular complexity index is 616. The van der Waals surface area contributed by atoms with Gasteiger partial charge in [-0.25, -0.2) is 0 Å². The van der Waals surface area contributed by atoms with Crippen LogP contribution in [0.15, 0.2) is 36.4 Å². The molecule has 0 amide bonds. The fraction of sp³-hybridized carbons (Fsp3) is 0.368. The van der Waals surface area contributed by atoms with Crippen LogP contribution in [-0.4, -0.2) is 7.11 Å². The maximum Gasteiger partial charge on any atom is 0.135 e. The van der Waals surface area contributed by atoms with Gasteiger partial charge < -0.3 is 4.74 Å². The smallest absolute Gasteiger partial charge is 0.135 e. The third-order valence-electron chi connectivity index (χ3n) is 3.48. The second-order valence-electron chi connectivity index (χ2n) is 4.98. The van der Waals surface area contributed by atoms with E-state index in [4.69, 9.17) is 4.74 Å². The van der Waals surface area contributed by atoms with Crippen molar-refractivity contribution in [3.63, 3.8) is 0 Å². The molecule has 0 aromatic heterocycles. The standard InChI is InChI=1S/C19H22O/c1-3-4-5-6-7-8-13-18-17-12-10-9-11-16(17)14-15-19(18)20-2/h9-12,14-15H,3-7H2,1-2H3. The minimum absolute atomic E-state index is 0.866. The van der Waals surface area contributed by atoms with Gasteiger partial charge in [0.1, 0.15) is 5.75 Å². The van der Waals surface area contributed by atoms with E-state index < -0.39 is 0 Å². The van der Waals surface area contributed by atoms with E-state index in [1.165, 1.54) is 36.5 Å². The highest BCUT2D eigenvalue weighted by molar-refractivity contribution is 5.90. The topological polar surface area (TPSA) is 9.23 Å². The Morgan fingerprint density at radius 3 is 2.65 bits per heavy atom. The Morgan fingerprint density at radius 2 is 1.85 bits per heavy atom. The van der Waals surface area contributed by atoms with Crippen LogP contribution in [0.3, 0.4) is 0 Å². The molecule has 0 heterocycles. The van der Waals surface area contributed by atoms with Gasteiger partial charge in [0, 0.05) is 11.8 Å². The first-order chi connectivity index (χ1) is 9.86. The van der Waals surface area contributed by atoms with Gasteiger partial charge in [-0.3, -0.25) is 0 Å². The zero-order valence-electron chi connectivity index (χ0n) is 12.4. The van der Waals surface area contributed by atoms with Gasteiger partial charge in [0.2, 0.25) is 0 Å². The van der Waals surface area contributed by atoms with Gasteiger partial charge in [-0.05, 0) is 17.9 Å². The molecule has 20 heavy (non-hydrogen) atoms. The maximum absolute atomic E-state index is 5.45. The van der Waals surface area contributed by atoms with E-state index >= 15 is 0 Å². The summed E-state index contributed by atoms with van der Waals surface area (Å²) < 4.78 is 5.45. The second kappa shape index (κ2) is 7.60. The number of hydrogen-bond donors (Lipinski definition) is 0. The second-order valence-corrected chi connectivity index (χ2v) is 4.98. The summed E-state index contributed by atoms with van der Waals surface area (Å²) in [5.41, 5.74) is 1.01. The zero-order chi connectivity index (χ0) is 14.2. The van der Waals surface area contributed by atoms with Crippen molar-refractivity contribution in [3.8, 4) is 17.6 Å². The zero-order valence-corrected chi connectivity index (χ0v) is 12.4. The van der Waals surface area contributed by atoms with Gasteiger partial charge in [0.25, 0.3) is 0 Å². The van der Waals surface area contributed by atoms with Crippen LogP contribution in [0.2, 0.25) is 0 Å². The van der Waals surface area contributed by atoms with Crippen molar-refractivity contribution >= 4 is 10.8 Å². The average molecular weight is 266 g/mol. The van der Waals surface area contributed by atoms with Crippen molar-refractivity contribution in [3.05, 3.63) is 42.0 Å². The van der Waals surface area contributed by atoms with Gasteiger partial charge in [-0.2, -0.15) is 0 Å².